The standard InChI is InChI=1S/C22H24N2O4/c1-23-20(25)17-6-4-7-18(14-17)21(26)24-11-9-15(10-12-24)13-16-5-2-3-8-19(16)22(27)28/h2-8,14-15H,9-13H2,1H3,(H,23,25)(H,27,28). The van der Waals surface area contributed by atoms with E-state index in [2.05, 4.69) is 5.32 Å². The highest BCUT2D eigenvalue weighted by Crippen LogP contribution is 2.24. The number of carbonyl (C=O) groups excluding carboxylic acids is 2. The minimum absolute atomic E-state index is 0.0739. The van der Waals surface area contributed by atoms with Crippen molar-refractivity contribution in [3.8, 4) is 0 Å². The second kappa shape index (κ2) is 8.69. The molecule has 1 saturated heterocycles. The van der Waals surface area contributed by atoms with Crippen LogP contribution < -0.4 is 5.32 Å². The Labute approximate surface area is 164 Å². The van der Waals surface area contributed by atoms with Crippen LogP contribution in [0.3, 0.4) is 0 Å². The summed E-state index contributed by atoms with van der Waals surface area (Å²) in [5.41, 5.74) is 2.18. The van der Waals surface area contributed by atoms with Crippen LogP contribution in [-0.4, -0.2) is 47.9 Å². The SMILES string of the molecule is CNC(=O)c1cccc(C(=O)N2CCC(Cc3ccccc3C(=O)O)CC2)c1. The number of aromatic carboxylic acids is 1. The fraction of sp³-hybridized carbons (Fsp3) is 0.318. The van der Waals surface area contributed by atoms with Crippen LogP contribution in [0.4, 0.5) is 0 Å². The highest BCUT2D eigenvalue weighted by molar-refractivity contribution is 5.99. The Kier molecular flexibility index (Phi) is 6.09. The molecule has 0 radical (unpaired) electrons. The molecule has 1 heterocycles. The molecule has 6 heteroatoms. The lowest BCUT2D eigenvalue weighted by molar-refractivity contribution is 0.0690. The van der Waals surface area contributed by atoms with Crippen molar-refractivity contribution in [1.82, 2.24) is 10.2 Å². The van der Waals surface area contributed by atoms with E-state index in [1.165, 1.54) is 0 Å². The van der Waals surface area contributed by atoms with Crippen molar-refractivity contribution in [2.45, 2.75) is 19.3 Å². The van der Waals surface area contributed by atoms with Crippen molar-refractivity contribution >= 4 is 17.8 Å². The molecule has 1 aliphatic heterocycles. The van der Waals surface area contributed by atoms with Gasteiger partial charge in [0.1, 0.15) is 0 Å². The smallest absolute Gasteiger partial charge is 0.335 e. The Bertz CT molecular complexity index is 886. The van der Waals surface area contributed by atoms with Gasteiger partial charge in [-0.05, 0) is 55.0 Å². The van der Waals surface area contributed by atoms with E-state index in [9.17, 15) is 19.5 Å². The number of hydrogen-bond donors (Lipinski definition) is 2. The molecule has 0 atom stereocenters. The summed E-state index contributed by atoms with van der Waals surface area (Å²) in [5.74, 6) is -0.846. The largest absolute Gasteiger partial charge is 0.478 e. The lowest BCUT2D eigenvalue weighted by Gasteiger charge is -2.32. The number of benzene rings is 2. The molecule has 1 fully saturated rings. The summed E-state index contributed by atoms with van der Waals surface area (Å²) in [6.45, 7) is 1.26. The van der Waals surface area contributed by atoms with Gasteiger partial charge < -0.3 is 15.3 Å². The van der Waals surface area contributed by atoms with Crippen LogP contribution in [0.1, 0.15) is 49.5 Å². The predicted molar refractivity (Wildman–Crippen MR) is 106 cm³/mol. The maximum Gasteiger partial charge on any atom is 0.335 e. The fourth-order valence-corrected chi connectivity index (χ4v) is 3.68. The summed E-state index contributed by atoms with van der Waals surface area (Å²) in [5, 5.41) is 11.9. The number of amides is 2. The normalized spacial score (nSPS) is 14.5. The summed E-state index contributed by atoms with van der Waals surface area (Å²) in [4.78, 5) is 37.8. The Balaban J connectivity index is 1.62. The van der Waals surface area contributed by atoms with Gasteiger partial charge in [0.2, 0.25) is 0 Å². The van der Waals surface area contributed by atoms with E-state index >= 15 is 0 Å². The second-order valence-corrected chi connectivity index (χ2v) is 7.06. The highest BCUT2D eigenvalue weighted by Gasteiger charge is 2.25. The predicted octanol–water partition coefficient (Wildman–Crippen LogP) is 2.84. The molecule has 0 bridgehead atoms. The van der Waals surface area contributed by atoms with Gasteiger partial charge in [0, 0.05) is 31.3 Å². The molecule has 2 aromatic rings. The maximum absolute atomic E-state index is 12.8. The zero-order valence-corrected chi connectivity index (χ0v) is 15.9. The monoisotopic (exact) mass is 380 g/mol. The average molecular weight is 380 g/mol. The van der Waals surface area contributed by atoms with Gasteiger partial charge in [0.25, 0.3) is 11.8 Å². The number of piperidine rings is 1. The van der Waals surface area contributed by atoms with Crippen LogP contribution in [-0.2, 0) is 6.42 Å². The van der Waals surface area contributed by atoms with Gasteiger partial charge in [-0.3, -0.25) is 9.59 Å². The molecular formula is C22H24N2O4. The third-order valence-corrected chi connectivity index (χ3v) is 5.26. The van der Waals surface area contributed by atoms with Gasteiger partial charge in [-0.1, -0.05) is 24.3 Å². The Hall–Kier alpha value is -3.15. The van der Waals surface area contributed by atoms with Crippen LogP contribution in [0, 0.1) is 5.92 Å². The van der Waals surface area contributed by atoms with E-state index in [1.54, 1.807) is 43.4 Å². The van der Waals surface area contributed by atoms with E-state index in [0.29, 0.717) is 42.1 Å². The molecular weight excluding hydrogens is 356 g/mol. The third kappa shape index (κ3) is 4.39. The molecule has 3 rings (SSSR count). The lowest BCUT2D eigenvalue weighted by Crippen LogP contribution is -2.39. The van der Waals surface area contributed by atoms with Gasteiger partial charge in [0.05, 0.1) is 5.56 Å². The molecule has 1 aliphatic rings. The third-order valence-electron chi connectivity index (χ3n) is 5.26. The van der Waals surface area contributed by atoms with E-state index in [1.807, 2.05) is 17.0 Å². The van der Waals surface area contributed by atoms with Crippen LogP contribution in [0.5, 0.6) is 0 Å². The molecule has 0 spiro atoms. The highest BCUT2D eigenvalue weighted by atomic mass is 16.4. The number of rotatable bonds is 5. The summed E-state index contributed by atoms with van der Waals surface area (Å²) < 4.78 is 0. The lowest BCUT2D eigenvalue weighted by atomic mass is 9.88. The van der Waals surface area contributed by atoms with E-state index in [0.717, 1.165) is 18.4 Å². The molecule has 2 aromatic carbocycles. The minimum atomic E-state index is -0.904. The van der Waals surface area contributed by atoms with Crippen molar-refractivity contribution in [2.75, 3.05) is 20.1 Å². The van der Waals surface area contributed by atoms with Crippen molar-refractivity contribution in [2.24, 2.45) is 5.92 Å². The Morgan fingerprint density at radius 2 is 1.71 bits per heavy atom. The van der Waals surface area contributed by atoms with Gasteiger partial charge in [-0.2, -0.15) is 0 Å². The molecule has 0 saturated carbocycles. The topological polar surface area (TPSA) is 86.7 Å². The molecule has 146 valence electrons. The number of hydrogen-bond acceptors (Lipinski definition) is 3. The molecule has 28 heavy (non-hydrogen) atoms. The number of carboxylic acid groups (broad SMARTS) is 1. The fourth-order valence-electron chi connectivity index (χ4n) is 3.68. The van der Waals surface area contributed by atoms with Crippen LogP contribution in [0.15, 0.2) is 48.5 Å². The first-order valence-electron chi connectivity index (χ1n) is 9.42. The van der Waals surface area contributed by atoms with E-state index < -0.39 is 5.97 Å². The maximum atomic E-state index is 12.8. The number of likely N-dealkylation sites (tertiary alicyclic amines) is 1. The van der Waals surface area contributed by atoms with E-state index in [4.69, 9.17) is 0 Å². The van der Waals surface area contributed by atoms with Crippen LogP contribution >= 0.6 is 0 Å². The summed E-state index contributed by atoms with van der Waals surface area (Å²) >= 11 is 0. The van der Waals surface area contributed by atoms with Gasteiger partial charge in [0.15, 0.2) is 0 Å². The van der Waals surface area contributed by atoms with Crippen molar-refractivity contribution in [3.05, 3.63) is 70.8 Å². The molecule has 2 amide bonds. The van der Waals surface area contributed by atoms with Crippen molar-refractivity contribution in [1.29, 1.82) is 0 Å². The Morgan fingerprint density at radius 3 is 2.39 bits per heavy atom. The molecule has 2 N–H and O–H groups in total. The minimum Gasteiger partial charge on any atom is -0.478 e. The summed E-state index contributed by atoms with van der Waals surface area (Å²) in [6.07, 6.45) is 2.36. The van der Waals surface area contributed by atoms with Gasteiger partial charge in [-0.15, -0.1) is 0 Å². The summed E-state index contributed by atoms with van der Waals surface area (Å²) in [6, 6.07) is 13.8. The second-order valence-electron chi connectivity index (χ2n) is 7.06. The number of nitrogens with one attached hydrogen (secondary N) is 1. The molecule has 6 nitrogen and oxygen atoms in total. The number of nitrogens with zero attached hydrogens (tertiary/aromatic N) is 1. The number of carboxylic acids is 1. The first-order valence-corrected chi connectivity index (χ1v) is 9.42. The van der Waals surface area contributed by atoms with Crippen LogP contribution in [0.2, 0.25) is 0 Å². The summed E-state index contributed by atoms with van der Waals surface area (Å²) in [7, 11) is 1.56. The zero-order valence-electron chi connectivity index (χ0n) is 15.9. The average Bonchev–Trinajstić information content (AvgIpc) is 2.73. The zero-order chi connectivity index (χ0) is 20.1. The van der Waals surface area contributed by atoms with Crippen LogP contribution in [0.25, 0.3) is 0 Å². The van der Waals surface area contributed by atoms with Crippen molar-refractivity contribution in [3.63, 3.8) is 0 Å². The molecule has 0 aromatic heterocycles. The van der Waals surface area contributed by atoms with Crippen molar-refractivity contribution < 1.29 is 19.5 Å². The number of carbonyl (C=O) groups is 3. The van der Waals surface area contributed by atoms with Gasteiger partial charge >= 0.3 is 5.97 Å². The molecule has 0 aliphatic carbocycles. The Morgan fingerprint density at radius 1 is 1.04 bits per heavy atom. The first-order chi connectivity index (χ1) is 13.5. The quantitative estimate of drug-likeness (QED) is 0.835. The van der Waals surface area contributed by atoms with E-state index in [-0.39, 0.29) is 11.8 Å². The first kappa shape index (κ1) is 19.6. The molecule has 0 unspecified atom stereocenters. The van der Waals surface area contributed by atoms with Gasteiger partial charge in [-0.25, -0.2) is 4.79 Å².